The average Bonchev–Trinajstić information content (AvgIpc) is 2.44. The Morgan fingerprint density at radius 3 is 2.89 bits per heavy atom. The quantitative estimate of drug-likeness (QED) is 0.845. The lowest BCUT2D eigenvalue weighted by atomic mass is 9.96. The Morgan fingerprint density at radius 1 is 1.39 bits per heavy atom. The summed E-state index contributed by atoms with van der Waals surface area (Å²) in [5, 5.41) is 4.86. The van der Waals surface area contributed by atoms with Crippen molar-refractivity contribution in [1.29, 1.82) is 0 Å². The average molecular weight is 243 g/mol. The van der Waals surface area contributed by atoms with Crippen LogP contribution < -0.4 is 11.1 Å². The molecule has 94 valence electrons. The summed E-state index contributed by atoms with van der Waals surface area (Å²) >= 11 is 0. The number of aromatic nitrogens is 1. The van der Waals surface area contributed by atoms with Gasteiger partial charge in [-0.1, -0.05) is 24.3 Å². The molecule has 1 aromatic heterocycles. The first kappa shape index (κ1) is 12.5. The molecule has 0 aliphatic carbocycles. The highest BCUT2D eigenvalue weighted by atomic mass is 16.1. The summed E-state index contributed by atoms with van der Waals surface area (Å²) in [4.78, 5) is 15.9. The molecule has 1 atom stereocenters. The lowest BCUT2D eigenvalue weighted by Crippen LogP contribution is -2.34. The third-order valence-corrected chi connectivity index (χ3v) is 3.12. The van der Waals surface area contributed by atoms with Gasteiger partial charge in [0.1, 0.15) is 0 Å². The van der Waals surface area contributed by atoms with Gasteiger partial charge in [-0.25, -0.2) is 0 Å². The topological polar surface area (TPSA) is 68.0 Å². The maximum atomic E-state index is 11.7. The highest BCUT2D eigenvalue weighted by Crippen LogP contribution is 2.19. The van der Waals surface area contributed by atoms with Crippen molar-refractivity contribution in [1.82, 2.24) is 10.3 Å². The molecule has 3 N–H and O–H groups in total. The molecule has 0 saturated carbocycles. The number of hydrogen-bond donors (Lipinski definition) is 2. The van der Waals surface area contributed by atoms with Crippen LogP contribution in [-0.2, 0) is 11.2 Å². The van der Waals surface area contributed by atoms with E-state index in [1.807, 2.05) is 36.7 Å². The number of benzene rings is 1. The van der Waals surface area contributed by atoms with E-state index in [1.165, 1.54) is 0 Å². The van der Waals surface area contributed by atoms with E-state index in [0.29, 0.717) is 13.0 Å². The fraction of sp³-hybridized carbons (Fsp3) is 0.286. The minimum Gasteiger partial charge on any atom is -0.359 e. The molecule has 1 unspecified atom stereocenters. The number of nitrogens with two attached hydrogens (primary N) is 1. The second kappa shape index (κ2) is 5.60. The monoisotopic (exact) mass is 243 g/mol. The van der Waals surface area contributed by atoms with Crippen LogP contribution in [-0.4, -0.2) is 24.5 Å². The molecule has 4 nitrogen and oxygen atoms in total. The summed E-state index contributed by atoms with van der Waals surface area (Å²) in [5.41, 5.74) is 6.72. The van der Waals surface area contributed by atoms with Crippen LogP contribution in [0.3, 0.4) is 0 Å². The molecule has 0 fully saturated rings. The maximum Gasteiger partial charge on any atom is 0.224 e. The van der Waals surface area contributed by atoms with E-state index in [2.05, 4.69) is 10.3 Å². The van der Waals surface area contributed by atoms with Crippen molar-refractivity contribution in [3.8, 4) is 0 Å². The SMILES string of the molecule is CNC(=O)C(CN)Cc1cncc2ccccc12. The number of nitrogens with one attached hydrogen (secondary N) is 1. The second-order valence-corrected chi connectivity index (χ2v) is 4.27. The van der Waals surface area contributed by atoms with E-state index >= 15 is 0 Å². The van der Waals surface area contributed by atoms with Crippen LogP contribution in [0.15, 0.2) is 36.7 Å². The van der Waals surface area contributed by atoms with E-state index in [1.54, 1.807) is 7.05 Å². The highest BCUT2D eigenvalue weighted by Gasteiger charge is 2.17. The fourth-order valence-corrected chi connectivity index (χ4v) is 2.09. The Balaban J connectivity index is 2.33. The Kier molecular flexibility index (Phi) is 3.89. The zero-order chi connectivity index (χ0) is 13.0. The number of nitrogens with zero attached hydrogens (tertiary/aromatic N) is 1. The smallest absolute Gasteiger partial charge is 0.224 e. The molecular formula is C14H17N3O. The third-order valence-electron chi connectivity index (χ3n) is 3.12. The van der Waals surface area contributed by atoms with Gasteiger partial charge < -0.3 is 11.1 Å². The molecule has 18 heavy (non-hydrogen) atoms. The van der Waals surface area contributed by atoms with Crippen LogP contribution in [0.25, 0.3) is 10.8 Å². The zero-order valence-corrected chi connectivity index (χ0v) is 10.4. The van der Waals surface area contributed by atoms with Crippen molar-refractivity contribution in [2.75, 3.05) is 13.6 Å². The van der Waals surface area contributed by atoms with E-state index in [9.17, 15) is 4.79 Å². The maximum absolute atomic E-state index is 11.7. The van der Waals surface area contributed by atoms with Gasteiger partial charge in [0.15, 0.2) is 0 Å². The summed E-state index contributed by atoms with van der Waals surface area (Å²) in [6.07, 6.45) is 4.26. The van der Waals surface area contributed by atoms with Crippen molar-refractivity contribution >= 4 is 16.7 Å². The number of amides is 1. The third kappa shape index (κ3) is 2.49. The Morgan fingerprint density at radius 2 is 2.17 bits per heavy atom. The van der Waals surface area contributed by atoms with Crippen molar-refractivity contribution in [3.63, 3.8) is 0 Å². The van der Waals surface area contributed by atoms with Crippen molar-refractivity contribution in [2.24, 2.45) is 11.7 Å². The summed E-state index contributed by atoms with van der Waals surface area (Å²) in [5.74, 6) is -0.229. The molecule has 2 rings (SSSR count). The number of rotatable bonds is 4. The summed E-state index contributed by atoms with van der Waals surface area (Å²) in [6, 6.07) is 8.03. The molecule has 1 amide bonds. The molecule has 0 radical (unpaired) electrons. The van der Waals surface area contributed by atoms with Crippen LogP contribution in [0, 0.1) is 5.92 Å². The van der Waals surface area contributed by atoms with E-state index in [4.69, 9.17) is 5.73 Å². The number of carbonyl (C=O) groups excluding carboxylic acids is 1. The fourth-order valence-electron chi connectivity index (χ4n) is 2.09. The van der Waals surface area contributed by atoms with Gasteiger partial charge in [0.25, 0.3) is 0 Å². The lowest BCUT2D eigenvalue weighted by Gasteiger charge is -2.14. The Hall–Kier alpha value is -1.94. The second-order valence-electron chi connectivity index (χ2n) is 4.27. The predicted molar refractivity (Wildman–Crippen MR) is 72.1 cm³/mol. The number of pyridine rings is 1. The van der Waals surface area contributed by atoms with E-state index in [-0.39, 0.29) is 11.8 Å². The van der Waals surface area contributed by atoms with Crippen molar-refractivity contribution in [2.45, 2.75) is 6.42 Å². The van der Waals surface area contributed by atoms with Crippen molar-refractivity contribution in [3.05, 3.63) is 42.2 Å². The first-order valence-electron chi connectivity index (χ1n) is 5.99. The van der Waals surface area contributed by atoms with Gasteiger partial charge in [0.05, 0.1) is 5.92 Å². The summed E-state index contributed by atoms with van der Waals surface area (Å²) in [6.45, 7) is 0.336. The minimum absolute atomic E-state index is 0.0227. The van der Waals surface area contributed by atoms with Gasteiger partial charge >= 0.3 is 0 Å². The number of hydrogen-bond acceptors (Lipinski definition) is 3. The lowest BCUT2D eigenvalue weighted by molar-refractivity contribution is -0.124. The Bertz CT molecular complexity index is 548. The molecule has 0 aliphatic heterocycles. The van der Waals surface area contributed by atoms with Gasteiger partial charge in [-0.15, -0.1) is 0 Å². The first-order valence-corrected chi connectivity index (χ1v) is 5.99. The normalized spacial score (nSPS) is 12.3. The van der Waals surface area contributed by atoms with E-state index < -0.39 is 0 Å². The molecule has 0 bridgehead atoms. The van der Waals surface area contributed by atoms with Crippen LogP contribution in [0.4, 0.5) is 0 Å². The van der Waals surface area contributed by atoms with Crippen LogP contribution in [0.2, 0.25) is 0 Å². The Labute approximate surface area is 106 Å². The minimum atomic E-state index is -0.206. The van der Waals surface area contributed by atoms with Crippen LogP contribution in [0.1, 0.15) is 5.56 Å². The number of carbonyl (C=O) groups is 1. The van der Waals surface area contributed by atoms with Gasteiger partial charge in [0, 0.05) is 31.4 Å². The zero-order valence-electron chi connectivity index (χ0n) is 10.4. The van der Waals surface area contributed by atoms with E-state index in [0.717, 1.165) is 16.3 Å². The molecule has 4 heteroatoms. The predicted octanol–water partition coefficient (Wildman–Crippen LogP) is 1.10. The molecule has 0 spiro atoms. The molecule has 2 aromatic rings. The molecule has 0 saturated heterocycles. The van der Waals surface area contributed by atoms with Gasteiger partial charge in [-0.05, 0) is 17.4 Å². The summed E-state index contributed by atoms with van der Waals surface area (Å²) < 4.78 is 0. The summed E-state index contributed by atoms with van der Waals surface area (Å²) in [7, 11) is 1.63. The first-order chi connectivity index (χ1) is 8.76. The van der Waals surface area contributed by atoms with Gasteiger partial charge in [-0.3, -0.25) is 9.78 Å². The molecular weight excluding hydrogens is 226 g/mol. The van der Waals surface area contributed by atoms with Gasteiger partial charge in [0.2, 0.25) is 5.91 Å². The molecule has 1 aromatic carbocycles. The molecule has 1 heterocycles. The number of fused-ring (bicyclic) bond motifs is 1. The van der Waals surface area contributed by atoms with Gasteiger partial charge in [-0.2, -0.15) is 0 Å². The highest BCUT2D eigenvalue weighted by molar-refractivity contribution is 5.86. The van der Waals surface area contributed by atoms with Crippen LogP contribution >= 0.6 is 0 Å². The van der Waals surface area contributed by atoms with Crippen LogP contribution in [0.5, 0.6) is 0 Å². The van der Waals surface area contributed by atoms with Crippen molar-refractivity contribution < 1.29 is 4.79 Å². The largest absolute Gasteiger partial charge is 0.359 e. The molecule has 0 aliphatic rings. The standard InChI is InChI=1S/C14H17N3O/c1-16-14(18)11(7-15)6-12-9-17-8-10-4-2-3-5-13(10)12/h2-5,8-9,11H,6-7,15H2,1H3,(H,16,18).